The summed E-state index contributed by atoms with van der Waals surface area (Å²) in [6, 6.07) is 0. The third-order valence-electron chi connectivity index (χ3n) is 3.81. The summed E-state index contributed by atoms with van der Waals surface area (Å²) in [5, 5.41) is 10.1. The van der Waals surface area contributed by atoms with E-state index in [2.05, 4.69) is 15.0 Å². The number of nitrogens with two attached hydrogens (primary N) is 1. The van der Waals surface area contributed by atoms with Crippen LogP contribution >= 0.6 is 0 Å². The summed E-state index contributed by atoms with van der Waals surface area (Å²) in [6.07, 6.45) is -3.43. The number of aliphatic hydroxyl groups is 1. The van der Waals surface area contributed by atoms with E-state index in [0.717, 1.165) is 4.57 Å². The van der Waals surface area contributed by atoms with Crippen molar-refractivity contribution in [1.82, 2.24) is 19.5 Å². The first-order chi connectivity index (χ1) is 11.9. The highest BCUT2D eigenvalue weighted by atomic mass is 16.6. The maximum Gasteiger partial charge on any atom is 0.329 e. The molecule has 5 N–H and O–H groups in total. The Morgan fingerprint density at radius 1 is 1.40 bits per heavy atom. The van der Waals surface area contributed by atoms with E-state index >= 15 is 0 Å². The highest BCUT2D eigenvalue weighted by Gasteiger charge is 2.37. The van der Waals surface area contributed by atoms with Crippen LogP contribution in [0.25, 0.3) is 11.2 Å². The molecule has 0 bridgehead atoms. The Balaban J connectivity index is 1.86. The lowest BCUT2D eigenvalue weighted by molar-refractivity contribution is -0.133. The molecule has 12 heteroatoms. The molecule has 0 aliphatic carbocycles. The van der Waals surface area contributed by atoms with Crippen LogP contribution in [-0.2, 0) is 19.1 Å². The van der Waals surface area contributed by atoms with E-state index in [1.165, 1.54) is 0 Å². The summed E-state index contributed by atoms with van der Waals surface area (Å²) in [4.78, 5) is 53.6. The second-order valence-electron chi connectivity index (χ2n) is 5.45. The van der Waals surface area contributed by atoms with E-state index in [4.69, 9.17) is 15.2 Å². The topological polar surface area (TPSA) is 182 Å². The minimum absolute atomic E-state index is 0.0105. The van der Waals surface area contributed by atoms with Gasteiger partial charge in [-0.1, -0.05) is 0 Å². The van der Waals surface area contributed by atoms with Crippen molar-refractivity contribution in [3.8, 4) is 0 Å². The van der Waals surface area contributed by atoms with E-state index in [1.54, 1.807) is 0 Å². The van der Waals surface area contributed by atoms with Crippen LogP contribution in [0.3, 0.4) is 0 Å². The number of aldehydes is 2. The van der Waals surface area contributed by atoms with Gasteiger partial charge in [0.1, 0.15) is 12.3 Å². The molecule has 0 unspecified atom stereocenters. The Kier molecular flexibility index (Phi) is 4.48. The summed E-state index contributed by atoms with van der Waals surface area (Å²) < 4.78 is 11.6. The van der Waals surface area contributed by atoms with Crippen molar-refractivity contribution in [2.45, 2.75) is 31.0 Å². The fourth-order valence-electron chi connectivity index (χ4n) is 2.64. The summed E-state index contributed by atoms with van der Waals surface area (Å²) >= 11 is 0. The van der Waals surface area contributed by atoms with Crippen LogP contribution in [0.5, 0.6) is 0 Å². The van der Waals surface area contributed by atoms with Gasteiger partial charge in [-0.3, -0.25) is 24.4 Å². The average molecular weight is 353 g/mol. The van der Waals surface area contributed by atoms with Gasteiger partial charge in [-0.25, -0.2) is 9.36 Å². The number of anilines is 1. The molecule has 1 saturated heterocycles. The number of hydrogen-bond acceptors (Lipinski definition) is 9. The van der Waals surface area contributed by atoms with E-state index in [-0.39, 0.29) is 30.1 Å². The number of aromatic amines is 2. The molecule has 3 atom stereocenters. The molecule has 1 aliphatic rings. The Morgan fingerprint density at radius 3 is 2.80 bits per heavy atom. The van der Waals surface area contributed by atoms with E-state index < -0.39 is 35.8 Å². The van der Waals surface area contributed by atoms with Gasteiger partial charge in [-0.05, 0) is 0 Å². The number of hydrogen-bond donors (Lipinski definition) is 4. The van der Waals surface area contributed by atoms with Crippen LogP contribution in [0.1, 0.15) is 12.6 Å². The molecular weight excluding hydrogens is 338 g/mol. The number of rotatable bonds is 6. The van der Waals surface area contributed by atoms with Gasteiger partial charge >= 0.3 is 5.69 Å². The molecule has 0 amide bonds. The molecule has 25 heavy (non-hydrogen) atoms. The molecule has 1 fully saturated rings. The zero-order valence-corrected chi connectivity index (χ0v) is 12.7. The smallest absolute Gasteiger partial charge is 0.329 e. The number of fused-ring (bicyclic) bond motifs is 1. The fourth-order valence-corrected chi connectivity index (χ4v) is 2.64. The number of aliphatic hydroxyl groups excluding tert-OH is 1. The van der Waals surface area contributed by atoms with Crippen molar-refractivity contribution in [3.05, 3.63) is 20.8 Å². The largest absolute Gasteiger partial charge is 0.390 e. The molecule has 12 nitrogen and oxygen atoms in total. The van der Waals surface area contributed by atoms with Gasteiger partial charge in [0.25, 0.3) is 5.56 Å². The molecule has 0 aromatic carbocycles. The lowest BCUT2D eigenvalue weighted by atomic mass is 10.2. The maximum absolute atomic E-state index is 12.1. The first kappa shape index (κ1) is 17.0. The lowest BCUT2D eigenvalue weighted by Crippen LogP contribution is -2.30. The molecular formula is C13H15N5O7. The number of nitrogens with one attached hydrogen (secondary N) is 2. The Hall–Kier alpha value is -2.83. The number of ether oxygens (including phenoxy) is 2. The molecule has 2 aromatic rings. The van der Waals surface area contributed by atoms with E-state index in [0.29, 0.717) is 12.6 Å². The lowest BCUT2D eigenvalue weighted by Gasteiger charge is -2.16. The second kappa shape index (κ2) is 6.58. The Labute approximate surface area is 138 Å². The van der Waals surface area contributed by atoms with Gasteiger partial charge in [0, 0.05) is 6.42 Å². The number of carbonyl (C=O) groups is 2. The monoisotopic (exact) mass is 353 g/mol. The molecule has 0 saturated carbocycles. The standard InChI is InChI=1S/C13H15N5O7/c14-12-16-10-9(11(22)17-12)15-13(23)18(10)8-1-6(21)7(25-8)4-24-5(2-19)3-20/h2-3,5-8,21H,1,4H2,(H,15,23)(H3,14,16,17,22)/t6-,7+,8+/m0/s1. The number of nitrogens with zero attached hydrogens (tertiary/aromatic N) is 2. The second-order valence-corrected chi connectivity index (χ2v) is 5.45. The Morgan fingerprint density at radius 2 is 2.12 bits per heavy atom. The number of aromatic nitrogens is 4. The number of carbonyl (C=O) groups excluding carboxylic acids is 2. The third kappa shape index (κ3) is 3.09. The third-order valence-corrected chi connectivity index (χ3v) is 3.81. The van der Waals surface area contributed by atoms with Crippen molar-refractivity contribution in [2.24, 2.45) is 0 Å². The van der Waals surface area contributed by atoms with Crippen molar-refractivity contribution >= 4 is 29.7 Å². The van der Waals surface area contributed by atoms with Gasteiger partial charge in [-0.15, -0.1) is 0 Å². The SMILES string of the molecule is Nc1nc2c([nH]c(=O)n2[C@H]2C[C@H](O)[C@@H](COC(C=O)C=O)O2)c(=O)[nH]1. The van der Waals surface area contributed by atoms with Crippen molar-refractivity contribution < 1.29 is 24.2 Å². The number of imidazole rings is 1. The minimum atomic E-state index is -1.26. The molecule has 0 spiro atoms. The molecule has 1 aliphatic heterocycles. The molecule has 3 rings (SSSR count). The van der Waals surface area contributed by atoms with Crippen molar-refractivity contribution in [3.63, 3.8) is 0 Å². The van der Waals surface area contributed by atoms with Gasteiger partial charge in [0.2, 0.25) is 5.95 Å². The Bertz CT molecular complexity index is 908. The first-order valence-electron chi connectivity index (χ1n) is 7.30. The summed E-state index contributed by atoms with van der Waals surface area (Å²) in [7, 11) is 0. The quantitative estimate of drug-likeness (QED) is 0.320. The zero-order valence-electron chi connectivity index (χ0n) is 12.7. The highest BCUT2D eigenvalue weighted by molar-refractivity contribution is 5.80. The molecule has 134 valence electrons. The highest BCUT2D eigenvalue weighted by Crippen LogP contribution is 2.29. The number of nitrogen functional groups attached to an aromatic ring is 1. The van der Waals surface area contributed by atoms with Gasteiger partial charge in [0.15, 0.2) is 29.8 Å². The van der Waals surface area contributed by atoms with Crippen LogP contribution in [0.15, 0.2) is 9.59 Å². The van der Waals surface area contributed by atoms with Crippen LogP contribution in [0.4, 0.5) is 5.95 Å². The molecule has 2 aromatic heterocycles. The average Bonchev–Trinajstić information content (AvgIpc) is 3.08. The maximum atomic E-state index is 12.1. The van der Waals surface area contributed by atoms with Crippen LogP contribution in [-0.4, -0.2) is 62.1 Å². The van der Waals surface area contributed by atoms with E-state index in [9.17, 15) is 24.3 Å². The fraction of sp³-hybridized carbons (Fsp3) is 0.462. The van der Waals surface area contributed by atoms with Crippen LogP contribution < -0.4 is 17.0 Å². The van der Waals surface area contributed by atoms with Crippen molar-refractivity contribution in [1.29, 1.82) is 0 Å². The van der Waals surface area contributed by atoms with Gasteiger partial charge in [0.05, 0.1) is 12.7 Å². The summed E-state index contributed by atoms with van der Waals surface area (Å²) in [5.41, 5.74) is 4.14. The summed E-state index contributed by atoms with van der Waals surface area (Å²) in [5.74, 6) is -0.177. The van der Waals surface area contributed by atoms with Gasteiger partial charge in [-0.2, -0.15) is 4.98 Å². The van der Waals surface area contributed by atoms with Crippen molar-refractivity contribution in [2.75, 3.05) is 12.3 Å². The molecule has 0 radical (unpaired) electrons. The summed E-state index contributed by atoms with van der Waals surface area (Å²) in [6.45, 7) is -0.229. The van der Waals surface area contributed by atoms with E-state index in [1.807, 2.05) is 0 Å². The predicted molar refractivity (Wildman–Crippen MR) is 81.8 cm³/mol. The normalized spacial score (nSPS) is 23.4. The predicted octanol–water partition coefficient (Wildman–Crippen LogP) is -2.57. The zero-order chi connectivity index (χ0) is 18.1. The van der Waals surface area contributed by atoms with Gasteiger partial charge < -0.3 is 20.3 Å². The minimum Gasteiger partial charge on any atom is -0.390 e. The van der Waals surface area contributed by atoms with Crippen LogP contribution in [0, 0.1) is 0 Å². The molecule has 3 heterocycles. The number of H-pyrrole nitrogens is 2. The first-order valence-corrected chi connectivity index (χ1v) is 7.30. The van der Waals surface area contributed by atoms with Crippen LogP contribution in [0.2, 0.25) is 0 Å².